The fourth-order valence-corrected chi connectivity index (χ4v) is 3.18. The van der Waals surface area contributed by atoms with Gasteiger partial charge in [-0.25, -0.2) is 17.5 Å². The Labute approximate surface area is 156 Å². The van der Waals surface area contributed by atoms with Crippen LogP contribution in [0, 0.1) is 0 Å². The number of nitrogens with zero attached hydrogens (tertiary/aromatic N) is 1. The van der Waals surface area contributed by atoms with Crippen LogP contribution >= 0.6 is 11.6 Å². The molecule has 1 amide bonds. The number of halogens is 1. The Morgan fingerprint density at radius 1 is 1.08 bits per heavy atom. The first-order chi connectivity index (χ1) is 12.2. The highest BCUT2D eigenvalue weighted by Crippen LogP contribution is 2.24. The Kier molecular flexibility index (Phi) is 6.01. The molecule has 2 rings (SSSR count). The zero-order chi connectivity index (χ0) is 19.5. The predicted molar refractivity (Wildman–Crippen MR) is 98.1 cm³/mol. The van der Waals surface area contributed by atoms with Crippen molar-refractivity contribution in [3.63, 3.8) is 0 Å². The van der Waals surface area contributed by atoms with Crippen molar-refractivity contribution in [2.45, 2.75) is 4.90 Å². The first-order valence-electron chi connectivity index (χ1n) is 7.38. The van der Waals surface area contributed by atoms with Crippen molar-refractivity contribution in [3.05, 3.63) is 58.6 Å². The van der Waals surface area contributed by atoms with Crippen molar-refractivity contribution < 1.29 is 22.7 Å². The van der Waals surface area contributed by atoms with E-state index in [0.717, 1.165) is 4.31 Å². The van der Waals surface area contributed by atoms with Gasteiger partial charge in [0, 0.05) is 19.7 Å². The molecule has 138 valence electrons. The maximum Gasteiger partial charge on any atom is 0.337 e. The average Bonchev–Trinajstić information content (AvgIpc) is 2.62. The molecule has 0 radical (unpaired) electrons. The predicted octanol–water partition coefficient (Wildman–Crippen LogP) is 2.63. The van der Waals surface area contributed by atoms with Crippen LogP contribution in [0.1, 0.15) is 20.7 Å². The van der Waals surface area contributed by atoms with E-state index in [2.05, 4.69) is 10.1 Å². The summed E-state index contributed by atoms with van der Waals surface area (Å²) in [4.78, 5) is 24.1. The lowest BCUT2D eigenvalue weighted by Gasteiger charge is -2.13. The van der Waals surface area contributed by atoms with Gasteiger partial charge in [0.15, 0.2) is 0 Å². The van der Waals surface area contributed by atoms with Crippen molar-refractivity contribution in [2.24, 2.45) is 0 Å². The lowest BCUT2D eigenvalue weighted by molar-refractivity contribution is 0.0600. The van der Waals surface area contributed by atoms with Gasteiger partial charge in [-0.05, 0) is 36.4 Å². The lowest BCUT2D eigenvalue weighted by Crippen LogP contribution is -2.22. The number of ether oxygens (including phenoxy) is 1. The second kappa shape index (κ2) is 7.86. The van der Waals surface area contributed by atoms with Crippen molar-refractivity contribution >= 4 is 39.2 Å². The van der Waals surface area contributed by atoms with Gasteiger partial charge in [0.1, 0.15) is 0 Å². The number of anilines is 1. The highest BCUT2D eigenvalue weighted by atomic mass is 35.5. The summed E-state index contributed by atoms with van der Waals surface area (Å²) in [6, 6.07) is 9.91. The molecular weight excluding hydrogens is 380 g/mol. The summed E-state index contributed by atoms with van der Waals surface area (Å²) in [6.07, 6.45) is 0. The number of hydrogen-bond acceptors (Lipinski definition) is 5. The zero-order valence-corrected chi connectivity index (χ0v) is 15.9. The number of methoxy groups -OCH3 is 1. The third-order valence-electron chi connectivity index (χ3n) is 3.51. The fraction of sp³-hybridized carbons (Fsp3) is 0.176. The molecule has 0 aliphatic heterocycles. The van der Waals surface area contributed by atoms with Gasteiger partial charge in [-0.1, -0.05) is 17.7 Å². The van der Waals surface area contributed by atoms with Crippen molar-refractivity contribution in [1.29, 1.82) is 0 Å². The molecule has 0 saturated carbocycles. The number of nitrogens with one attached hydrogen (secondary N) is 1. The van der Waals surface area contributed by atoms with Gasteiger partial charge in [0.05, 0.1) is 28.3 Å². The van der Waals surface area contributed by atoms with E-state index < -0.39 is 21.9 Å². The molecule has 0 fully saturated rings. The minimum Gasteiger partial charge on any atom is -0.465 e. The minimum atomic E-state index is -3.67. The van der Waals surface area contributed by atoms with E-state index in [1.807, 2.05) is 0 Å². The minimum absolute atomic E-state index is 0.00967. The average molecular weight is 397 g/mol. The topological polar surface area (TPSA) is 92.8 Å². The summed E-state index contributed by atoms with van der Waals surface area (Å²) in [6.45, 7) is 0. The molecule has 0 aliphatic rings. The SMILES string of the molecule is COC(=O)c1ccc(Cl)c(NC(=O)c2cccc(S(=O)(=O)N(C)C)c2)c1. The monoisotopic (exact) mass is 396 g/mol. The standard InChI is InChI=1S/C17H17ClN2O5S/c1-20(2)26(23,24)13-6-4-5-11(9-13)16(21)19-15-10-12(17(22)25-3)7-8-14(15)18/h4-10H,1-3H3,(H,19,21). The molecular formula is C17H17ClN2O5S. The fourth-order valence-electron chi connectivity index (χ4n) is 2.07. The smallest absolute Gasteiger partial charge is 0.337 e. The Morgan fingerprint density at radius 3 is 2.38 bits per heavy atom. The molecule has 0 aromatic heterocycles. The maximum absolute atomic E-state index is 12.5. The van der Waals surface area contributed by atoms with Crippen LogP contribution in [0.5, 0.6) is 0 Å². The molecule has 0 aliphatic carbocycles. The molecule has 0 spiro atoms. The van der Waals surface area contributed by atoms with Crippen LogP contribution < -0.4 is 5.32 Å². The molecule has 1 N–H and O–H groups in total. The number of esters is 1. The Morgan fingerprint density at radius 2 is 1.77 bits per heavy atom. The number of sulfonamides is 1. The van der Waals surface area contributed by atoms with Gasteiger partial charge in [0.2, 0.25) is 10.0 Å². The second-order valence-electron chi connectivity index (χ2n) is 5.46. The molecule has 0 heterocycles. The van der Waals surface area contributed by atoms with Gasteiger partial charge in [0.25, 0.3) is 5.91 Å². The Hall–Kier alpha value is -2.42. The van der Waals surface area contributed by atoms with Gasteiger partial charge in [-0.3, -0.25) is 4.79 Å². The molecule has 7 nitrogen and oxygen atoms in total. The summed E-state index contributed by atoms with van der Waals surface area (Å²) in [5.74, 6) is -1.14. The van der Waals surface area contributed by atoms with Gasteiger partial charge in [-0.15, -0.1) is 0 Å². The highest BCUT2D eigenvalue weighted by Gasteiger charge is 2.19. The third-order valence-corrected chi connectivity index (χ3v) is 5.65. The van der Waals surface area contributed by atoms with E-state index in [1.54, 1.807) is 0 Å². The van der Waals surface area contributed by atoms with Crippen LogP contribution in [0.4, 0.5) is 5.69 Å². The lowest BCUT2D eigenvalue weighted by atomic mass is 10.1. The van der Waals surface area contributed by atoms with Gasteiger partial charge in [-0.2, -0.15) is 0 Å². The number of carbonyl (C=O) groups excluding carboxylic acids is 2. The summed E-state index contributed by atoms with van der Waals surface area (Å²) >= 11 is 6.05. The number of benzene rings is 2. The van der Waals surface area contributed by atoms with Gasteiger partial charge < -0.3 is 10.1 Å². The van der Waals surface area contributed by atoms with Crippen LogP contribution in [0.25, 0.3) is 0 Å². The quantitative estimate of drug-likeness (QED) is 0.784. The van der Waals surface area contributed by atoms with Gasteiger partial charge >= 0.3 is 5.97 Å². The van der Waals surface area contributed by atoms with Crippen LogP contribution in [0.15, 0.2) is 47.4 Å². The van der Waals surface area contributed by atoms with Crippen molar-refractivity contribution in [1.82, 2.24) is 4.31 Å². The first kappa shape index (κ1) is 19.9. The zero-order valence-electron chi connectivity index (χ0n) is 14.3. The number of amides is 1. The van der Waals surface area contributed by atoms with E-state index in [1.165, 1.54) is 63.7 Å². The van der Waals surface area contributed by atoms with Crippen molar-refractivity contribution in [2.75, 3.05) is 26.5 Å². The summed E-state index contributed by atoms with van der Waals surface area (Å²) in [5, 5.41) is 2.79. The first-order valence-corrected chi connectivity index (χ1v) is 9.20. The van der Waals surface area contributed by atoms with Crippen LogP contribution in [-0.2, 0) is 14.8 Å². The molecule has 2 aromatic rings. The van der Waals surface area contributed by atoms with E-state index in [0.29, 0.717) is 0 Å². The third kappa shape index (κ3) is 4.21. The normalized spacial score (nSPS) is 11.3. The molecule has 0 unspecified atom stereocenters. The summed E-state index contributed by atoms with van der Waals surface area (Å²) in [5.41, 5.74) is 0.559. The largest absolute Gasteiger partial charge is 0.465 e. The highest BCUT2D eigenvalue weighted by molar-refractivity contribution is 7.89. The Bertz CT molecular complexity index is 957. The van der Waals surface area contributed by atoms with E-state index in [9.17, 15) is 18.0 Å². The number of hydrogen-bond donors (Lipinski definition) is 1. The molecule has 0 atom stereocenters. The summed E-state index contributed by atoms with van der Waals surface area (Å²) < 4.78 is 30.1. The van der Waals surface area contributed by atoms with E-state index in [-0.39, 0.29) is 26.7 Å². The molecule has 0 saturated heterocycles. The number of rotatable bonds is 5. The maximum atomic E-state index is 12.5. The van der Waals surface area contributed by atoms with Crippen molar-refractivity contribution in [3.8, 4) is 0 Å². The molecule has 2 aromatic carbocycles. The van der Waals surface area contributed by atoms with Crippen LogP contribution in [0.3, 0.4) is 0 Å². The van der Waals surface area contributed by atoms with Crippen LogP contribution in [0.2, 0.25) is 5.02 Å². The van der Waals surface area contributed by atoms with E-state index in [4.69, 9.17) is 11.6 Å². The number of carbonyl (C=O) groups is 2. The summed E-state index contributed by atoms with van der Waals surface area (Å²) in [7, 11) is 0.379. The van der Waals surface area contributed by atoms with E-state index >= 15 is 0 Å². The molecule has 26 heavy (non-hydrogen) atoms. The molecule has 0 bridgehead atoms. The van der Waals surface area contributed by atoms with Crippen LogP contribution in [-0.4, -0.2) is 45.8 Å². The molecule has 9 heteroatoms. The second-order valence-corrected chi connectivity index (χ2v) is 8.01. The Balaban J connectivity index is 2.33.